The molecule has 0 radical (unpaired) electrons. The number of carbonyl (C=O) groups excluding carboxylic acids is 1. The molecule has 0 aliphatic heterocycles. The van der Waals surface area contributed by atoms with Crippen LogP contribution in [0, 0.1) is 13.8 Å². The second kappa shape index (κ2) is 6.13. The molecule has 0 saturated carbocycles. The number of amides is 1. The van der Waals surface area contributed by atoms with Crippen LogP contribution in [0.2, 0.25) is 0 Å². The summed E-state index contributed by atoms with van der Waals surface area (Å²) in [7, 11) is 0. The van der Waals surface area contributed by atoms with Crippen LogP contribution in [0.4, 0.5) is 11.5 Å². The molecular formula is C17H22N4O. The van der Waals surface area contributed by atoms with Crippen LogP contribution >= 0.6 is 0 Å². The van der Waals surface area contributed by atoms with Crippen molar-refractivity contribution in [3.63, 3.8) is 0 Å². The number of hydrogen-bond acceptors (Lipinski definition) is 4. The van der Waals surface area contributed by atoms with Gasteiger partial charge in [0.2, 0.25) is 0 Å². The number of benzene rings is 1. The van der Waals surface area contributed by atoms with Crippen molar-refractivity contribution in [2.75, 3.05) is 5.32 Å². The molecule has 0 fully saturated rings. The van der Waals surface area contributed by atoms with E-state index in [9.17, 15) is 4.79 Å². The largest absolute Gasteiger partial charge is 0.346 e. The van der Waals surface area contributed by atoms with Crippen molar-refractivity contribution in [1.29, 1.82) is 0 Å². The lowest BCUT2D eigenvalue weighted by Crippen LogP contribution is -2.40. The summed E-state index contributed by atoms with van der Waals surface area (Å²) >= 11 is 0. The quantitative estimate of drug-likeness (QED) is 0.911. The fourth-order valence-electron chi connectivity index (χ4n) is 1.92. The van der Waals surface area contributed by atoms with Crippen molar-refractivity contribution in [3.8, 4) is 0 Å². The number of carbonyl (C=O) groups is 1. The van der Waals surface area contributed by atoms with Gasteiger partial charge >= 0.3 is 0 Å². The number of aryl methyl sites for hydroxylation is 2. The Hall–Kier alpha value is -2.43. The lowest BCUT2D eigenvalue weighted by molar-refractivity contribution is 0.0914. The minimum Gasteiger partial charge on any atom is -0.346 e. The van der Waals surface area contributed by atoms with Gasteiger partial charge in [-0.15, -0.1) is 0 Å². The number of hydrogen-bond donors (Lipinski definition) is 2. The maximum atomic E-state index is 12.1. The van der Waals surface area contributed by atoms with Crippen LogP contribution in [0.3, 0.4) is 0 Å². The fourth-order valence-corrected chi connectivity index (χ4v) is 1.92. The topological polar surface area (TPSA) is 66.9 Å². The minimum atomic E-state index is -0.302. The average molecular weight is 298 g/mol. The minimum absolute atomic E-state index is 0.210. The van der Waals surface area contributed by atoms with Crippen LogP contribution in [0.25, 0.3) is 0 Å². The molecular weight excluding hydrogens is 276 g/mol. The zero-order valence-corrected chi connectivity index (χ0v) is 13.7. The molecule has 2 rings (SSSR count). The van der Waals surface area contributed by atoms with E-state index in [1.165, 1.54) is 17.5 Å². The van der Waals surface area contributed by atoms with Crippen molar-refractivity contribution in [3.05, 3.63) is 47.4 Å². The van der Waals surface area contributed by atoms with Crippen LogP contribution in [0.15, 0.2) is 30.6 Å². The molecule has 1 heterocycles. The van der Waals surface area contributed by atoms with E-state index in [1.807, 2.05) is 39.0 Å². The van der Waals surface area contributed by atoms with Gasteiger partial charge in [0.15, 0.2) is 0 Å². The van der Waals surface area contributed by atoms with E-state index in [0.717, 1.165) is 5.69 Å². The summed E-state index contributed by atoms with van der Waals surface area (Å²) in [5, 5.41) is 6.09. The molecule has 0 aliphatic carbocycles. The SMILES string of the molecule is Cc1ccc(Nc2cc(C(=O)NC(C)(C)C)ncn2)cc1C. The van der Waals surface area contributed by atoms with E-state index in [1.54, 1.807) is 6.07 Å². The molecule has 1 aromatic carbocycles. The summed E-state index contributed by atoms with van der Waals surface area (Å²) in [6, 6.07) is 7.73. The van der Waals surface area contributed by atoms with Crippen LogP contribution < -0.4 is 10.6 Å². The van der Waals surface area contributed by atoms with Crippen molar-refractivity contribution >= 4 is 17.4 Å². The second-order valence-electron chi connectivity index (χ2n) is 6.42. The zero-order valence-electron chi connectivity index (χ0n) is 13.7. The summed E-state index contributed by atoms with van der Waals surface area (Å²) in [6.07, 6.45) is 1.39. The van der Waals surface area contributed by atoms with Gasteiger partial charge < -0.3 is 10.6 Å². The highest BCUT2D eigenvalue weighted by Gasteiger charge is 2.16. The Morgan fingerprint density at radius 3 is 2.41 bits per heavy atom. The smallest absolute Gasteiger partial charge is 0.270 e. The van der Waals surface area contributed by atoms with Gasteiger partial charge in [-0.25, -0.2) is 9.97 Å². The molecule has 5 nitrogen and oxygen atoms in total. The first-order valence-corrected chi connectivity index (χ1v) is 7.23. The molecule has 0 atom stereocenters. The Balaban J connectivity index is 2.17. The van der Waals surface area contributed by atoms with Gasteiger partial charge in [0.05, 0.1) is 0 Å². The predicted molar refractivity (Wildman–Crippen MR) is 88.4 cm³/mol. The summed E-state index contributed by atoms with van der Waals surface area (Å²) in [4.78, 5) is 20.3. The number of nitrogens with one attached hydrogen (secondary N) is 2. The molecule has 0 bridgehead atoms. The fraction of sp³-hybridized carbons (Fsp3) is 0.353. The van der Waals surface area contributed by atoms with Gasteiger partial charge in [0.25, 0.3) is 5.91 Å². The number of anilines is 2. The first kappa shape index (κ1) is 15.9. The molecule has 2 N–H and O–H groups in total. The second-order valence-corrected chi connectivity index (χ2v) is 6.42. The molecule has 0 spiro atoms. The Labute approximate surface area is 131 Å². The van der Waals surface area contributed by atoms with Gasteiger partial charge in [0.1, 0.15) is 17.8 Å². The van der Waals surface area contributed by atoms with E-state index in [4.69, 9.17) is 0 Å². The Kier molecular flexibility index (Phi) is 4.45. The summed E-state index contributed by atoms with van der Waals surface area (Å²) in [5.41, 5.74) is 3.41. The third-order valence-corrected chi connectivity index (χ3v) is 3.17. The maximum Gasteiger partial charge on any atom is 0.270 e. The zero-order chi connectivity index (χ0) is 16.3. The molecule has 0 saturated heterocycles. The van der Waals surface area contributed by atoms with Gasteiger partial charge in [-0.1, -0.05) is 6.07 Å². The van der Waals surface area contributed by atoms with Gasteiger partial charge in [-0.3, -0.25) is 4.79 Å². The molecule has 116 valence electrons. The monoisotopic (exact) mass is 298 g/mol. The van der Waals surface area contributed by atoms with E-state index in [2.05, 4.69) is 34.4 Å². The number of aromatic nitrogens is 2. The summed E-state index contributed by atoms with van der Waals surface area (Å²) < 4.78 is 0. The van der Waals surface area contributed by atoms with Crippen LogP contribution in [0.5, 0.6) is 0 Å². The third-order valence-electron chi connectivity index (χ3n) is 3.17. The lowest BCUT2D eigenvalue weighted by Gasteiger charge is -2.20. The van der Waals surface area contributed by atoms with Gasteiger partial charge in [0, 0.05) is 17.3 Å². The van der Waals surface area contributed by atoms with Crippen LogP contribution in [-0.2, 0) is 0 Å². The first-order valence-electron chi connectivity index (χ1n) is 7.23. The highest BCUT2D eigenvalue weighted by Crippen LogP contribution is 2.18. The Morgan fingerprint density at radius 2 is 1.77 bits per heavy atom. The Morgan fingerprint density at radius 1 is 1.05 bits per heavy atom. The van der Waals surface area contributed by atoms with E-state index < -0.39 is 0 Å². The van der Waals surface area contributed by atoms with Crippen molar-refractivity contribution in [2.24, 2.45) is 0 Å². The summed E-state index contributed by atoms with van der Waals surface area (Å²) in [6.45, 7) is 9.92. The lowest BCUT2D eigenvalue weighted by atomic mass is 10.1. The molecule has 22 heavy (non-hydrogen) atoms. The van der Waals surface area contributed by atoms with Crippen LogP contribution in [-0.4, -0.2) is 21.4 Å². The molecule has 5 heteroatoms. The average Bonchev–Trinajstić information content (AvgIpc) is 2.41. The molecule has 1 aromatic heterocycles. The summed E-state index contributed by atoms with van der Waals surface area (Å²) in [5.74, 6) is 0.385. The highest BCUT2D eigenvalue weighted by molar-refractivity contribution is 5.93. The van der Waals surface area contributed by atoms with Crippen LogP contribution in [0.1, 0.15) is 42.4 Å². The Bertz CT molecular complexity index is 689. The van der Waals surface area contributed by atoms with Crippen molar-refractivity contribution in [1.82, 2.24) is 15.3 Å². The van der Waals surface area contributed by atoms with E-state index in [-0.39, 0.29) is 11.4 Å². The molecule has 2 aromatic rings. The molecule has 1 amide bonds. The number of rotatable bonds is 3. The van der Waals surface area contributed by atoms with E-state index in [0.29, 0.717) is 11.5 Å². The van der Waals surface area contributed by atoms with Gasteiger partial charge in [-0.2, -0.15) is 0 Å². The normalized spacial score (nSPS) is 11.1. The van der Waals surface area contributed by atoms with Gasteiger partial charge in [-0.05, 0) is 57.9 Å². The molecule has 0 unspecified atom stereocenters. The highest BCUT2D eigenvalue weighted by atomic mass is 16.2. The standard InChI is InChI=1S/C17H22N4O/c1-11-6-7-13(8-12(11)2)20-15-9-14(18-10-19-15)16(22)21-17(3,4)5/h6-10H,1-5H3,(H,21,22)(H,18,19,20). The third kappa shape index (κ3) is 4.28. The first-order chi connectivity index (χ1) is 10.2. The maximum absolute atomic E-state index is 12.1. The molecule has 0 aliphatic rings. The predicted octanol–water partition coefficient (Wildman–Crippen LogP) is 3.37. The number of nitrogens with zero attached hydrogens (tertiary/aromatic N) is 2. The van der Waals surface area contributed by atoms with Crippen molar-refractivity contribution in [2.45, 2.75) is 40.2 Å². The van der Waals surface area contributed by atoms with Crippen molar-refractivity contribution < 1.29 is 4.79 Å². The van der Waals surface area contributed by atoms with E-state index >= 15 is 0 Å².